The zero-order valence-corrected chi connectivity index (χ0v) is 14.5. The summed E-state index contributed by atoms with van der Waals surface area (Å²) in [5.74, 6) is -0.381. The standard InChI is InChI=1S/C18H20FNO3S/c1-13-7-8-14(2)18(11-13)24(21,22)20-9-10-23-17(12-20)15-5-3-4-6-16(15)19/h3-8,11,17H,9-10,12H2,1-2H3. The van der Waals surface area contributed by atoms with E-state index in [1.165, 1.54) is 10.4 Å². The molecule has 128 valence electrons. The fraction of sp³-hybridized carbons (Fsp3) is 0.333. The van der Waals surface area contributed by atoms with Gasteiger partial charge in [-0.25, -0.2) is 12.8 Å². The summed E-state index contributed by atoms with van der Waals surface area (Å²) in [5.41, 5.74) is 1.98. The first-order valence-corrected chi connectivity index (χ1v) is 9.27. The molecule has 2 aromatic carbocycles. The topological polar surface area (TPSA) is 46.6 Å². The molecule has 2 aromatic rings. The Balaban J connectivity index is 1.92. The zero-order chi connectivity index (χ0) is 17.3. The van der Waals surface area contributed by atoms with Gasteiger partial charge in [-0.15, -0.1) is 0 Å². The van der Waals surface area contributed by atoms with Crippen molar-refractivity contribution in [2.24, 2.45) is 0 Å². The first kappa shape index (κ1) is 17.1. The third-order valence-corrected chi connectivity index (χ3v) is 6.25. The fourth-order valence-electron chi connectivity index (χ4n) is 2.89. The van der Waals surface area contributed by atoms with Crippen molar-refractivity contribution in [3.63, 3.8) is 0 Å². The molecule has 1 atom stereocenters. The summed E-state index contributed by atoms with van der Waals surface area (Å²) in [4.78, 5) is 0.302. The van der Waals surface area contributed by atoms with Crippen LogP contribution in [-0.4, -0.2) is 32.4 Å². The number of hydrogen-bond donors (Lipinski definition) is 0. The van der Waals surface area contributed by atoms with Gasteiger partial charge in [-0.3, -0.25) is 0 Å². The summed E-state index contributed by atoms with van der Waals surface area (Å²) in [6.45, 7) is 4.25. The Morgan fingerprint density at radius 3 is 2.67 bits per heavy atom. The van der Waals surface area contributed by atoms with Crippen LogP contribution in [-0.2, 0) is 14.8 Å². The van der Waals surface area contributed by atoms with Crippen LogP contribution < -0.4 is 0 Å². The van der Waals surface area contributed by atoms with Crippen molar-refractivity contribution < 1.29 is 17.5 Å². The van der Waals surface area contributed by atoms with Crippen molar-refractivity contribution in [3.8, 4) is 0 Å². The normalized spacial score (nSPS) is 19.4. The number of morpholine rings is 1. The molecule has 24 heavy (non-hydrogen) atoms. The van der Waals surface area contributed by atoms with Gasteiger partial charge in [-0.05, 0) is 37.1 Å². The largest absolute Gasteiger partial charge is 0.371 e. The minimum Gasteiger partial charge on any atom is -0.371 e. The van der Waals surface area contributed by atoms with Crippen molar-refractivity contribution in [1.82, 2.24) is 4.31 Å². The molecular weight excluding hydrogens is 329 g/mol. The third-order valence-electron chi connectivity index (χ3n) is 4.24. The summed E-state index contributed by atoms with van der Waals surface area (Å²) >= 11 is 0. The highest BCUT2D eigenvalue weighted by Crippen LogP contribution is 2.29. The zero-order valence-electron chi connectivity index (χ0n) is 13.7. The number of aryl methyl sites for hydroxylation is 2. The fourth-order valence-corrected chi connectivity index (χ4v) is 4.63. The van der Waals surface area contributed by atoms with Gasteiger partial charge in [0.15, 0.2) is 0 Å². The Kier molecular flexibility index (Phi) is 4.71. The molecule has 3 rings (SSSR count). The van der Waals surface area contributed by atoms with E-state index >= 15 is 0 Å². The second-order valence-corrected chi connectivity index (χ2v) is 7.92. The van der Waals surface area contributed by atoms with Gasteiger partial charge in [-0.1, -0.05) is 30.3 Å². The third kappa shape index (κ3) is 3.22. The van der Waals surface area contributed by atoms with E-state index in [-0.39, 0.29) is 25.5 Å². The Hall–Kier alpha value is -1.76. The number of sulfonamides is 1. The number of hydrogen-bond acceptors (Lipinski definition) is 3. The molecule has 0 amide bonds. The van der Waals surface area contributed by atoms with E-state index in [1.54, 1.807) is 37.3 Å². The van der Waals surface area contributed by atoms with Crippen LogP contribution in [0.25, 0.3) is 0 Å². The maximum Gasteiger partial charge on any atom is 0.243 e. The average molecular weight is 349 g/mol. The van der Waals surface area contributed by atoms with Gasteiger partial charge < -0.3 is 4.74 Å². The highest BCUT2D eigenvalue weighted by atomic mass is 32.2. The van der Waals surface area contributed by atoms with Gasteiger partial charge in [0.25, 0.3) is 0 Å². The molecule has 1 aliphatic rings. The van der Waals surface area contributed by atoms with Crippen molar-refractivity contribution >= 4 is 10.0 Å². The smallest absolute Gasteiger partial charge is 0.243 e. The average Bonchev–Trinajstić information content (AvgIpc) is 2.57. The summed E-state index contributed by atoms with van der Waals surface area (Å²) in [6.07, 6.45) is -0.597. The monoisotopic (exact) mass is 349 g/mol. The second kappa shape index (κ2) is 6.63. The number of halogens is 1. The first-order valence-electron chi connectivity index (χ1n) is 7.83. The van der Waals surface area contributed by atoms with E-state index in [4.69, 9.17) is 4.74 Å². The predicted octanol–water partition coefficient (Wildman–Crippen LogP) is 3.20. The Morgan fingerprint density at radius 2 is 1.92 bits per heavy atom. The van der Waals surface area contributed by atoms with E-state index in [2.05, 4.69) is 0 Å². The van der Waals surface area contributed by atoms with Gasteiger partial charge in [0.2, 0.25) is 10.0 Å². The number of ether oxygens (including phenoxy) is 1. The van der Waals surface area contributed by atoms with Gasteiger partial charge in [0.1, 0.15) is 5.82 Å². The number of benzene rings is 2. The predicted molar refractivity (Wildman–Crippen MR) is 89.8 cm³/mol. The molecule has 1 aliphatic heterocycles. The van der Waals surface area contributed by atoms with Crippen LogP contribution in [0.4, 0.5) is 4.39 Å². The van der Waals surface area contributed by atoms with Gasteiger partial charge in [0.05, 0.1) is 17.6 Å². The van der Waals surface area contributed by atoms with Gasteiger partial charge in [-0.2, -0.15) is 4.31 Å². The van der Waals surface area contributed by atoms with E-state index < -0.39 is 16.1 Å². The Labute approximate surface area is 141 Å². The Morgan fingerprint density at radius 1 is 1.17 bits per heavy atom. The van der Waals surface area contributed by atoms with Crippen LogP contribution >= 0.6 is 0 Å². The highest BCUT2D eigenvalue weighted by Gasteiger charge is 2.33. The van der Waals surface area contributed by atoms with Crippen LogP contribution in [0.5, 0.6) is 0 Å². The van der Waals surface area contributed by atoms with E-state index in [9.17, 15) is 12.8 Å². The SMILES string of the molecule is Cc1ccc(C)c(S(=O)(=O)N2CCOC(c3ccccc3F)C2)c1. The van der Waals surface area contributed by atoms with E-state index in [0.717, 1.165) is 5.56 Å². The summed E-state index contributed by atoms with van der Waals surface area (Å²) in [5, 5.41) is 0. The molecule has 4 nitrogen and oxygen atoms in total. The summed E-state index contributed by atoms with van der Waals surface area (Å²) in [6, 6.07) is 11.7. The summed E-state index contributed by atoms with van der Waals surface area (Å²) in [7, 11) is -3.64. The molecule has 0 aliphatic carbocycles. The molecule has 1 heterocycles. The number of rotatable bonds is 3. The van der Waals surface area contributed by atoms with Crippen LogP contribution in [0.1, 0.15) is 22.8 Å². The van der Waals surface area contributed by atoms with Crippen molar-refractivity contribution in [2.45, 2.75) is 24.8 Å². The molecule has 1 saturated heterocycles. The van der Waals surface area contributed by atoms with Crippen LogP contribution in [0.2, 0.25) is 0 Å². The van der Waals surface area contributed by atoms with Crippen molar-refractivity contribution in [1.29, 1.82) is 0 Å². The molecule has 1 fully saturated rings. The van der Waals surface area contributed by atoms with Gasteiger partial charge in [0, 0.05) is 18.7 Å². The van der Waals surface area contributed by atoms with E-state index in [0.29, 0.717) is 16.0 Å². The van der Waals surface area contributed by atoms with Gasteiger partial charge >= 0.3 is 0 Å². The number of nitrogens with zero attached hydrogens (tertiary/aromatic N) is 1. The lowest BCUT2D eigenvalue weighted by molar-refractivity contribution is -0.00443. The molecule has 0 N–H and O–H groups in total. The molecular formula is C18H20FNO3S. The Bertz CT molecular complexity index is 851. The highest BCUT2D eigenvalue weighted by molar-refractivity contribution is 7.89. The second-order valence-electron chi connectivity index (χ2n) is 6.01. The quantitative estimate of drug-likeness (QED) is 0.855. The molecule has 0 saturated carbocycles. The lowest BCUT2D eigenvalue weighted by atomic mass is 10.1. The maximum absolute atomic E-state index is 14.0. The molecule has 6 heteroatoms. The van der Waals surface area contributed by atoms with E-state index in [1.807, 2.05) is 13.0 Å². The van der Waals surface area contributed by atoms with Crippen LogP contribution in [0, 0.1) is 19.7 Å². The molecule has 0 radical (unpaired) electrons. The molecule has 0 aromatic heterocycles. The minimum absolute atomic E-state index is 0.108. The molecule has 1 unspecified atom stereocenters. The minimum atomic E-state index is -3.64. The first-order chi connectivity index (χ1) is 11.4. The van der Waals surface area contributed by atoms with Crippen LogP contribution in [0.15, 0.2) is 47.4 Å². The van der Waals surface area contributed by atoms with Crippen molar-refractivity contribution in [2.75, 3.05) is 19.7 Å². The summed E-state index contributed by atoms with van der Waals surface area (Å²) < 4.78 is 47.0. The lowest BCUT2D eigenvalue weighted by Crippen LogP contribution is -2.42. The molecule has 0 spiro atoms. The molecule has 0 bridgehead atoms. The van der Waals surface area contributed by atoms with Crippen LogP contribution in [0.3, 0.4) is 0 Å². The maximum atomic E-state index is 14.0. The lowest BCUT2D eigenvalue weighted by Gasteiger charge is -2.32. The van der Waals surface area contributed by atoms with Crippen molar-refractivity contribution in [3.05, 3.63) is 65.0 Å².